The molecule has 0 heterocycles. The molecule has 6 nitrogen and oxygen atoms in total. The number of hydrogen-bond donors (Lipinski definition) is 2. The molecule has 0 aromatic carbocycles. The Morgan fingerprint density at radius 1 is 1.41 bits per heavy atom. The van der Waals surface area contributed by atoms with Gasteiger partial charge in [-0.25, -0.2) is 0 Å². The van der Waals surface area contributed by atoms with Crippen LogP contribution in [0.1, 0.15) is 13.8 Å². The lowest BCUT2D eigenvalue weighted by atomic mass is 10.3. The van der Waals surface area contributed by atoms with Crippen molar-refractivity contribution in [3.8, 4) is 0 Å². The first-order valence-corrected chi connectivity index (χ1v) is 5.76. The minimum absolute atomic E-state index is 0.0854. The average Bonchev–Trinajstić information content (AvgIpc) is 2.32. The second-order valence-corrected chi connectivity index (χ2v) is 3.81. The van der Waals surface area contributed by atoms with Crippen LogP contribution in [0.2, 0.25) is 0 Å². The van der Waals surface area contributed by atoms with Crippen LogP contribution in [0.5, 0.6) is 0 Å². The van der Waals surface area contributed by atoms with Gasteiger partial charge in [-0.1, -0.05) is 0 Å². The molecule has 0 saturated carbocycles. The van der Waals surface area contributed by atoms with E-state index < -0.39 is 6.04 Å². The maximum absolute atomic E-state index is 11.7. The van der Waals surface area contributed by atoms with E-state index in [1.165, 1.54) is 0 Å². The number of nitrogens with zero attached hydrogens (tertiary/aromatic N) is 1. The van der Waals surface area contributed by atoms with Gasteiger partial charge < -0.3 is 20.3 Å². The van der Waals surface area contributed by atoms with Gasteiger partial charge in [0.15, 0.2) is 0 Å². The molecule has 0 aliphatic heterocycles. The minimum Gasteiger partial charge on any atom is -0.383 e. The Hall–Kier alpha value is -1.14. The molecule has 0 aliphatic carbocycles. The maximum atomic E-state index is 11.7. The fraction of sp³-hybridized carbons (Fsp3) is 0.818. The van der Waals surface area contributed by atoms with Gasteiger partial charge in [-0.3, -0.25) is 9.59 Å². The molecule has 100 valence electrons. The summed E-state index contributed by atoms with van der Waals surface area (Å²) >= 11 is 0. The van der Waals surface area contributed by atoms with Gasteiger partial charge >= 0.3 is 0 Å². The summed E-state index contributed by atoms with van der Waals surface area (Å²) in [5, 5.41) is 5.55. The smallest absolute Gasteiger partial charge is 0.244 e. The summed E-state index contributed by atoms with van der Waals surface area (Å²) in [4.78, 5) is 24.7. The Balaban J connectivity index is 3.83. The van der Waals surface area contributed by atoms with Crippen LogP contribution in [0, 0.1) is 0 Å². The van der Waals surface area contributed by atoms with E-state index in [1.54, 1.807) is 26.0 Å². The van der Waals surface area contributed by atoms with E-state index in [4.69, 9.17) is 4.74 Å². The molecule has 0 saturated heterocycles. The minimum atomic E-state index is -0.489. The molecule has 0 fully saturated rings. The molecule has 6 heteroatoms. The molecule has 0 radical (unpaired) electrons. The van der Waals surface area contributed by atoms with Crippen LogP contribution in [0.3, 0.4) is 0 Å². The standard InChI is InChI=1S/C11H23N3O3/c1-5-14(3)11(16)9(2)13-10(15)8-12-6-7-17-4/h9,12H,5-8H2,1-4H3,(H,13,15). The van der Waals surface area contributed by atoms with E-state index in [1.807, 2.05) is 6.92 Å². The van der Waals surface area contributed by atoms with E-state index in [2.05, 4.69) is 10.6 Å². The van der Waals surface area contributed by atoms with Gasteiger partial charge in [-0.2, -0.15) is 0 Å². The third-order valence-corrected chi connectivity index (χ3v) is 2.37. The molecular formula is C11H23N3O3. The Morgan fingerprint density at radius 3 is 2.59 bits per heavy atom. The van der Waals surface area contributed by atoms with Crippen LogP contribution < -0.4 is 10.6 Å². The first kappa shape index (κ1) is 15.9. The predicted octanol–water partition coefficient (Wildman–Crippen LogP) is -0.795. The van der Waals surface area contributed by atoms with Crippen molar-refractivity contribution in [1.82, 2.24) is 15.5 Å². The van der Waals surface area contributed by atoms with Gasteiger partial charge in [-0.05, 0) is 13.8 Å². The SMILES string of the molecule is CCN(C)C(=O)C(C)NC(=O)CNCCOC. The first-order valence-electron chi connectivity index (χ1n) is 5.76. The molecule has 0 bridgehead atoms. The van der Waals surface area contributed by atoms with Crippen molar-refractivity contribution < 1.29 is 14.3 Å². The van der Waals surface area contributed by atoms with Gasteiger partial charge in [0.05, 0.1) is 13.2 Å². The molecule has 0 aliphatic rings. The van der Waals surface area contributed by atoms with Crippen molar-refractivity contribution in [3.05, 3.63) is 0 Å². The van der Waals surface area contributed by atoms with E-state index in [9.17, 15) is 9.59 Å². The van der Waals surface area contributed by atoms with E-state index in [0.717, 1.165) is 0 Å². The lowest BCUT2D eigenvalue weighted by molar-refractivity contribution is -0.134. The highest BCUT2D eigenvalue weighted by molar-refractivity contribution is 5.87. The zero-order chi connectivity index (χ0) is 13.3. The van der Waals surface area contributed by atoms with Crippen molar-refractivity contribution >= 4 is 11.8 Å². The van der Waals surface area contributed by atoms with Crippen LogP contribution >= 0.6 is 0 Å². The molecule has 1 unspecified atom stereocenters. The van der Waals surface area contributed by atoms with Crippen molar-refractivity contribution in [2.45, 2.75) is 19.9 Å². The highest BCUT2D eigenvalue weighted by Crippen LogP contribution is 1.91. The summed E-state index contributed by atoms with van der Waals surface area (Å²) in [6, 6.07) is -0.489. The normalized spacial score (nSPS) is 12.0. The number of methoxy groups -OCH3 is 1. The largest absolute Gasteiger partial charge is 0.383 e. The summed E-state index contributed by atoms with van der Waals surface area (Å²) in [7, 11) is 3.31. The van der Waals surface area contributed by atoms with E-state index in [-0.39, 0.29) is 18.4 Å². The number of hydrogen-bond acceptors (Lipinski definition) is 4. The summed E-state index contributed by atoms with van der Waals surface area (Å²) < 4.78 is 4.83. The summed E-state index contributed by atoms with van der Waals surface area (Å²) in [5.41, 5.74) is 0. The highest BCUT2D eigenvalue weighted by atomic mass is 16.5. The summed E-state index contributed by atoms with van der Waals surface area (Å²) in [6.45, 7) is 5.56. The number of ether oxygens (including phenoxy) is 1. The third-order valence-electron chi connectivity index (χ3n) is 2.37. The maximum Gasteiger partial charge on any atom is 0.244 e. The molecular weight excluding hydrogens is 222 g/mol. The van der Waals surface area contributed by atoms with Crippen molar-refractivity contribution in [3.63, 3.8) is 0 Å². The lowest BCUT2D eigenvalue weighted by Crippen LogP contribution is -2.48. The Bertz CT molecular complexity index is 246. The highest BCUT2D eigenvalue weighted by Gasteiger charge is 2.17. The number of rotatable bonds is 8. The van der Waals surface area contributed by atoms with E-state index >= 15 is 0 Å². The van der Waals surface area contributed by atoms with E-state index in [0.29, 0.717) is 19.7 Å². The van der Waals surface area contributed by atoms with Gasteiger partial charge in [-0.15, -0.1) is 0 Å². The van der Waals surface area contributed by atoms with Gasteiger partial charge in [0.25, 0.3) is 0 Å². The molecule has 0 aromatic rings. The number of likely N-dealkylation sites (N-methyl/N-ethyl adjacent to an activating group) is 1. The molecule has 2 amide bonds. The summed E-state index contributed by atoms with van der Waals surface area (Å²) in [5.74, 6) is -0.274. The van der Waals surface area contributed by atoms with Gasteiger partial charge in [0.2, 0.25) is 11.8 Å². The Morgan fingerprint density at radius 2 is 2.06 bits per heavy atom. The van der Waals surface area contributed by atoms with Crippen LogP contribution in [0.15, 0.2) is 0 Å². The second kappa shape index (κ2) is 8.95. The zero-order valence-electron chi connectivity index (χ0n) is 11.1. The number of carbonyl (C=O) groups is 2. The second-order valence-electron chi connectivity index (χ2n) is 3.81. The van der Waals surface area contributed by atoms with Crippen LogP contribution in [-0.2, 0) is 14.3 Å². The van der Waals surface area contributed by atoms with Gasteiger partial charge in [0, 0.05) is 27.2 Å². The Kier molecular flexibility index (Phi) is 8.35. The topological polar surface area (TPSA) is 70.7 Å². The van der Waals surface area contributed by atoms with Crippen molar-refractivity contribution in [1.29, 1.82) is 0 Å². The number of carbonyl (C=O) groups excluding carboxylic acids is 2. The molecule has 0 spiro atoms. The lowest BCUT2D eigenvalue weighted by Gasteiger charge is -2.20. The molecule has 17 heavy (non-hydrogen) atoms. The summed E-state index contributed by atoms with van der Waals surface area (Å²) in [6.07, 6.45) is 0. The first-order chi connectivity index (χ1) is 8.02. The molecule has 1 atom stereocenters. The van der Waals surface area contributed by atoms with Crippen LogP contribution in [0.25, 0.3) is 0 Å². The van der Waals surface area contributed by atoms with Crippen molar-refractivity contribution in [2.24, 2.45) is 0 Å². The zero-order valence-corrected chi connectivity index (χ0v) is 11.1. The fourth-order valence-corrected chi connectivity index (χ4v) is 1.22. The average molecular weight is 245 g/mol. The number of amides is 2. The number of nitrogens with one attached hydrogen (secondary N) is 2. The predicted molar refractivity (Wildman–Crippen MR) is 65.7 cm³/mol. The fourth-order valence-electron chi connectivity index (χ4n) is 1.22. The van der Waals surface area contributed by atoms with Crippen molar-refractivity contribution in [2.75, 3.05) is 40.4 Å². The Labute approximate surface area is 103 Å². The quantitative estimate of drug-likeness (QED) is 0.550. The molecule has 2 N–H and O–H groups in total. The van der Waals surface area contributed by atoms with Gasteiger partial charge in [0.1, 0.15) is 6.04 Å². The molecule has 0 aromatic heterocycles. The third kappa shape index (κ3) is 6.91. The monoisotopic (exact) mass is 245 g/mol. The molecule has 0 rings (SSSR count). The van der Waals surface area contributed by atoms with Crippen LogP contribution in [-0.4, -0.2) is 63.2 Å². The van der Waals surface area contributed by atoms with Crippen LogP contribution in [0.4, 0.5) is 0 Å².